The smallest absolute Gasteiger partial charge is 0.406 e. The molecule has 0 aliphatic heterocycles. The lowest BCUT2D eigenvalue weighted by atomic mass is 9.42. The fourth-order valence-corrected chi connectivity index (χ4v) is 10.6. The van der Waals surface area contributed by atoms with Crippen molar-refractivity contribution < 1.29 is 22.7 Å². The van der Waals surface area contributed by atoms with Crippen molar-refractivity contribution in [3.8, 4) is 5.75 Å². The molecule has 1 aromatic carbocycles. The van der Waals surface area contributed by atoms with Gasteiger partial charge < -0.3 is 10.1 Å². The fourth-order valence-electron chi connectivity index (χ4n) is 10.0. The van der Waals surface area contributed by atoms with E-state index in [1.807, 2.05) is 0 Å². The Morgan fingerprint density at radius 3 is 2.62 bits per heavy atom. The van der Waals surface area contributed by atoms with Crippen LogP contribution in [0.1, 0.15) is 97.8 Å². The molecule has 0 saturated heterocycles. The van der Waals surface area contributed by atoms with E-state index in [2.05, 4.69) is 35.5 Å². The highest BCUT2D eigenvalue weighted by molar-refractivity contribution is 7.98. The maximum absolute atomic E-state index is 12.5. The normalized spacial score (nSPS) is 37.1. The molecule has 4 saturated carbocycles. The molecule has 4 fully saturated rings. The van der Waals surface area contributed by atoms with Gasteiger partial charge in [0.15, 0.2) is 0 Å². The number of urea groups is 1. The number of hydrogen-bond acceptors (Lipinski definition) is 3. The second-order valence-corrected chi connectivity index (χ2v) is 14.5. The summed E-state index contributed by atoms with van der Waals surface area (Å²) in [5.41, 5.74) is 0.988. The molecule has 0 bridgehead atoms. The van der Waals surface area contributed by atoms with E-state index >= 15 is 0 Å². The first-order valence-corrected chi connectivity index (χ1v) is 16.4. The molecule has 2 N–H and O–H groups in total. The quantitative estimate of drug-likeness (QED) is 0.238. The molecule has 2 amide bonds. The van der Waals surface area contributed by atoms with Crippen molar-refractivity contribution in [1.82, 2.24) is 10.0 Å². The van der Waals surface area contributed by atoms with Gasteiger partial charge in [-0.1, -0.05) is 46.1 Å². The highest BCUT2D eigenvalue weighted by atomic mass is 32.2. The molecule has 0 spiro atoms. The number of alkyl halides is 3. The molecular formula is C32H47F3N2O2S. The minimum Gasteiger partial charge on any atom is -0.406 e. The van der Waals surface area contributed by atoms with Gasteiger partial charge >= 0.3 is 12.4 Å². The van der Waals surface area contributed by atoms with Crippen LogP contribution in [0.25, 0.3) is 0 Å². The number of carbonyl (C=O) groups excluding carboxylic acids is 1. The molecule has 40 heavy (non-hydrogen) atoms. The van der Waals surface area contributed by atoms with Gasteiger partial charge in [0.2, 0.25) is 0 Å². The maximum Gasteiger partial charge on any atom is 0.573 e. The third-order valence-electron chi connectivity index (χ3n) is 11.8. The molecule has 0 heterocycles. The van der Waals surface area contributed by atoms with Gasteiger partial charge in [-0.2, -0.15) is 0 Å². The summed E-state index contributed by atoms with van der Waals surface area (Å²) in [5.74, 6) is 4.95. The van der Waals surface area contributed by atoms with Crippen molar-refractivity contribution in [2.75, 3.05) is 6.54 Å². The zero-order valence-electron chi connectivity index (χ0n) is 24.3. The minimum absolute atomic E-state index is 0.303. The number of amides is 2. The number of hydrogen-bond donors (Lipinski definition) is 2. The molecule has 4 nitrogen and oxygen atoms in total. The van der Waals surface area contributed by atoms with Crippen LogP contribution >= 0.6 is 11.9 Å². The SMILES string of the molecule is CC[C@H]1CC2C3CCC(CCCNC(=O)NSc4cccc(OC(F)(F)F)c4)C3(C)CC[C@@H]2C2(C)CCCCC12. The lowest BCUT2D eigenvalue weighted by Crippen LogP contribution is -2.55. The summed E-state index contributed by atoms with van der Waals surface area (Å²) >= 11 is 0.977. The molecule has 0 radical (unpaired) electrons. The Bertz CT molecular complexity index is 1040. The molecule has 4 aliphatic carbocycles. The summed E-state index contributed by atoms with van der Waals surface area (Å²) in [5, 5.41) is 2.93. The molecular weight excluding hydrogens is 533 g/mol. The monoisotopic (exact) mass is 580 g/mol. The maximum atomic E-state index is 12.5. The van der Waals surface area contributed by atoms with Crippen molar-refractivity contribution in [1.29, 1.82) is 0 Å². The Morgan fingerprint density at radius 1 is 1.05 bits per heavy atom. The topological polar surface area (TPSA) is 50.4 Å². The Hall–Kier alpha value is -1.57. The van der Waals surface area contributed by atoms with E-state index in [9.17, 15) is 18.0 Å². The van der Waals surface area contributed by atoms with Crippen LogP contribution in [0, 0.1) is 46.3 Å². The van der Waals surface area contributed by atoms with Gasteiger partial charge in [0.25, 0.3) is 0 Å². The predicted octanol–water partition coefficient (Wildman–Crippen LogP) is 9.36. The zero-order chi connectivity index (χ0) is 28.5. The number of benzene rings is 1. The van der Waals surface area contributed by atoms with Gasteiger partial charge in [0.1, 0.15) is 5.75 Å². The van der Waals surface area contributed by atoms with Crippen LogP contribution in [-0.2, 0) is 0 Å². The standard InChI is InChI=1S/C32H47F3N2O2S/c1-4-21-19-25-27-14-13-22(30(27,2)17-15-28(25)31(3)16-6-5-12-26(21)31)9-8-18-36-29(38)37-40-24-11-7-10-23(20-24)39-32(33,34)35/h7,10-11,20-22,25-28H,4-6,8-9,12-19H2,1-3H3,(H2,36,37,38)/t21-,22?,25?,26?,27?,28-,30?,31?/m0/s1. The van der Waals surface area contributed by atoms with Gasteiger partial charge in [-0.25, -0.2) is 4.79 Å². The van der Waals surface area contributed by atoms with Crippen LogP contribution in [0.5, 0.6) is 5.75 Å². The van der Waals surface area contributed by atoms with Crippen LogP contribution in [0.4, 0.5) is 18.0 Å². The second-order valence-electron chi connectivity index (χ2n) is 13.6. The van der Waals surface area contributed by atoms with Gasteiger partial charge in [0, 0.05) is 11.4 Å². The summed E-state index contributed by atoms with van der Waals surface area (Å²) in [7, 11) is 0. The van der Waals surface area contributed by atoms with Crippen molar-refractivity contribution in [3.05, 3.63) is 24.3 Å². The third kappa shape index (κ3) is 6.12. The van der Waals surface area contributed by atoms with Crippen LogP contribution in [0.3, 0.4) is 0 Å². The van der Waals surface area contributed by atoms with Crippen LogP contribution < -0.4 is 14.8 Å². The lowest BCUT2D eigenvalue weighted by Gasteiger charge is -2.62. The first-order valence-electron chi connectivity index (χ1n) is 15.6. The number of halogens is 3. The average molecular weight is 581 g/mol. The highest BCUT2D eigenvalue weighted by Gasteiger charge is 2.60. The largest absolute Gasteiger partial charge is 0.573 e. The summed E-state index contributed by atoms with van der Waals surface area (Å²) in [6, 6.07) is 5.26. The third-order valence-corrected chi connectivity index (χ3v) is 12.6. The Labute approximate surface area is 242 Å². The summed E-state index contributed by atoms with van der Waals surface area (Å²) < 4.78 is 44.0. The molecule has 5 rings (SSSR count). The fraction of sp³-hybridized carbons (Fsp3) is 0.781. The van der Waals surface area contributed by atoms with Gasteiger partial charge in [0.05, 0.1) is 0 Å². The minimum atomic E-state index is -4.74. The van der Waals surface area contributed by atoms with E-state index in [4.69, 9.17) is 0 Å². The first-order chi connectivity index (χ1) is 19.0. The Balaban J connectivity index is 1.09. The van der Waals surface area contributed by atoms with Crippen LogP contribution in [0.15, 0.2) is 29.2 Å². The molecule has 1 aromatic rings. The van der Waals surface area contributed by atoms with Gasteiger partial charge in [-0.05, 0) is 134 Å². The van der Waals surface area contributed by atoms with E-state index in [0.29, 0.717) is 22.3 Å². The molecule has 4 aliphatic rings. The summed E-state index contributed by atoms with van der Waals surface area (Å²) in [4.78, 5) is 12.8. The molecule has 6 unspecified atom stereocenters. The van der Waals surface area contributed by atoms with E-state index in [-0.39, 0.29) is 11.8 Å². The lowest BCUT2D eigenvalue weighted by molar-refractivity contribution is -0.274. The molecule has 224 valence electrons. The van der Waals surface area contributed by atoms with Crippen LogP contribution in [-0.4, -0.2) is 18.9 Å². The van der Waals surface area contributed by atoms with Crippen molar-refractivity contribution in [3.63, 3.8) is 0 Å². The van der Waals surface area contributed by atoms with Gasteiger partial charge in [-0.15, -0.1) is 13.2 Å². The van der Waals surface area contributed by atoms with Crippen molar-refractivity contribution in [2.24, 2.45) is 46.3 Å². The van der Waals surface area contributed by atoms with Crippen LogP contribution in [0.2, 0.25) is 0 Å². The molecule has 8 atom stereocenters. The van der Waals surface area contributed by atoms with E-state index < -0.39 is 6.36 Å². The number of fused-ring (bicyclic) bond motifs is 5. The second kappa shape index (κ2) is 12.0. The van der Waals surface area contributed by atoms with E-state index in [0.717, 1.165) is 60.3 Å². The van der Waals surface area contributed by atoms with E-state index in [1.54, 1.807) is 6.07 Å². The molecule has 8 heteroatoms. The summed E-state index contributed by atoms with van der Waals surface area (Å²) in [6.45, 7) is 8.30. The van der Waals surface area contributed by atoms with Crippen molar-refractivity contribution in [2.45, 2.75) is 109 Å². The number of carbonyl (C=O) groups is 1. The summed E-state index contributed by atoms with van der Waals surface area (Å²) in [6.07, 6.45) is 11.4. The van der Waals surface area contributed by atoms with Gasteiger partial charge in [-0.3, -0.25) is 4.72 Å². The number of rotatable bonds is 8. The predicted molar refractivity (Wildman–Crippen MR) is 154 cm³/mol. The average Bonchev–Trinajstić information content (AvgIpc) is 3.24. The van der Waals surface area contributed by atoms with E-state index in [1.165, 1.54) is 82.4 Å². The number of nitrogens with one attached hydrogen (secondary N) is 2. The Kier molecular flexibility index (Phi) is 8.95. The Morgan fingerprint density at radius 2 is 1.85 bits per heavy atom. The number of ether oxygens (including phenoxy) is 1. The molecule has 0 aromatic heterocycles. The first kappa shape index (κ1) is 29.9. The highest BCUT2D eigenvalue weighted by Crippen LogP contribution is 2.69. The van der Waals surface area contributed by atoms with Crippen molar-refractivity contribution >= 4 is 18.0 Å². The zero-order valence-corrected chi connectivity index (χ0v) is 25.1.